The van der Waals surface area contributed by atoms with Gasteiger partial charge in [-0.15, -0.1) is 0 Å². The molecule has 196 valence electrons. The number of amides is 2. The molecule has 0 atom stereocenters. The van der Waals surface area contributed by atoms with Gasteiger partial charge in [-0.3, -0.25) is 24.6 Å². The van der Waals surface area contributed by atoms with Gasteiger partial charge in [-0.25, -0.2) is 0 Å². The molecule has 12 heteroatoms. The topological polar surface area (TPSA) is 99.0 Å². The number of hydrogen-bond acceptors (Lipinski definition) is 7. The van der Waals surface area contributed by atoms with E-state index in [4.69, 9.17) is 9.47 Å². The van der Waals surface area contributed by atoms with Crippen LogP contribution in [0.25, 0.3) is 6.08 Å². The minimum absolute atomic E-state index is 0.0000147. The smallest absolute Gasteiger partial charge is 0.416 e. The number of hydrogen-bond donors (Lipinski definition) is 0. The Bertz CT molecular complexity index is 1450. The number of methoxy groups -OCH3 is 1. The second-order valence-electron chi connectivity index (χ2n) is 8.20. The SMILES string of the molecule is COc1cc(/C=C2\SC(=O)N(Cc3ccc(C)cc3)C2=O)ccc1Oc1ccc(C(F)(F)F)cc1[N+](=O)[O-]. The lowest BCUT2D eigenvalue weighted by Crippen LogP contribution is -2.27. The van der Waals surface area contributed by atoms with Gasteiger partial charge in [-0.05, 0) is 60.2 Å². The Morgan fingerprint density at radius 1 is 1.00 bits per heavy atom. The molecule has 0 aromatic heterocycles. The van der Waals surface area contributed by atoms with E-state index >= 15 is 0 Å². The summed E-state index contributed by atoms with van der Waals surface area (Å²) in [4.78, 5) is 37.1. The zero-order chi connectivity index (χ0) is 27.6. The third-order valence-corrected chi connectivity index (χ3v) is 6.43. The van der Waals surface area contributed by atoms with Gasteiger partial charge in [0.1, 0.15) is 0 Å². The Hall–Kier alpha value is -4.32. The zero-order valence-corrected chi connectivity index (χ0v) is 20.8. The van der Waals surface area contributed by atoms with Crippen LogP contribution in [0.3, 0.4) is 0 Å². The summed E-state index contributed by atoms with van der Waals surface area (Å²) in [6, 6.07) is 13.8. The average molecular weight is 545 g/mol. The molecular weight excluding hydrogens is 525 g/mol. The highest BCUT2D eigenvalue weighted by Crippen LogP contribution is 2.41. The lowest BCUT2D eigenvalue weighted by Gasteiger charge is -2.13. The van der Waals surface area contributed by atoms with Crippen molar-refractivity contribution in [1.82, 2.24) is 4.90 Å². The molecule has 3 aromatic rings. The van der Waals surface area contributed by atoms with Crippen LogP contribution >= 0.6 is 11.8 Å². The minimum atomic E-state index is -4.76. The summed E-state index contributed by atoms with van der Waals surface area (Å²) in [5.41, 5.74) is 0.275. The molecule has 0 N–H and O–H groups in total. The fourth-order valence-electron chi connectivity index (χ4n) is 3.56. The Morgan fingerprint density at radius 3 is 2.32 bits per heavy atom. The number of rotatable bonds is 7. The molecule has 1 fully saturated rings. The number of imide groups is 1. The highest BCUT2D eigenvalue weighted by atomic mass is 32.2. The lowest BCUT2D eigenvalue weighted by atomic mass is 10.1. The number of nitro benzene ring substituents is 1. The van der Waals surface area contributed by atoms with Crippen molar-refractivity contribution >= 4 is 34.7 Å². The van der Waals surface area contributed by atoms with E-state index in [0.717, 1.165) is 33.9 Å². The summed E-state index contributed by atoms with van der Waals surface area (Å²) < 4.78 is 49.8. The maximum atomic E-state index is 13.0. The van der Waals surface area contributed by atoms with Crippen LogP contribution in [0.1, 0.15) is 22.3 Å². The predicted molar refractivity (Wildman–Crippen MR) is 134 cm³/mol. The molecule has 0 radical (unpaired) electrons. The Kier molecular flexibility index (Phi) is 7.44. The molecule has 0 aliphatic carbocycles. The van der Waals surface area contributed by atoms with Crippen molar-refractivity contribution in [2.75, 3.05) is 7.11 Å². The number of alkyl halides is 3. The quantitative estimate of drug-likeness (QED) is 0.180. The van der Waals surface area contributed by atoms with E-state index in [0.29, 0.717) is 17.7 Å². The molecule has 4 rings (SSSR count). The van der Waals surface area contributed by atoms with Gasteiger partial charge in [-0.1, -0.05) is 35.9 Å². The Labute approximate surface area is 218 Å². The fourth-order valence-corrected chi connectivity index (χ4v) is 4.40. The van der Waals surface area contributed by atoms with E-state index in [1.165, 1.54) is 31.4 Å². The maximum absolute atomic E-state index is 13.0. The molecule has 0 spiro atoms. The van der Waals surface area contributed by atoms with Crippen molar-refractivity contribution < 1.29 is 37.2 Å². The van der Waals surface area contributed by atoms with E-state index in [1.54, 1.807) is 0 Å². The molecule has 0 saturated carbocycles. The molecule has 8 nitrogen and oxygen atoms in total. The molecule has 1 aliphatic heterocycles. The van der Waals surface area contributed by atoms with Crippen LogP contribution in [0.2, 0.25) is 0 Å². The minimum Gasteiger partial charge on any atom is -0.493 e. The van der Waals surface area contributed by atoms with Gasteiger partial charge in [0.25, 0.3) is 11.1 Å². The van der Waals surface area contributed by atoms with E-state index in [2.05, 4.69) is 0 Å². The Balaban J connectivity index is 1.57. The van der Waals surface area contributed by atoms with Gasteiger partial charge in [0, 0.05) is 6.07 Å². The van der Waals surface area contributed by atoms with Crippen LogP contribution in [-0.4, -0.2) is 28.1 Å². The number of halogens is 3. The van der Waals surface area contributed by atoms with E-state index in [1.807, 2.05) is 31.2 Å². The summed E-state index contributed by atoms with van der Waals surface area (Å²) in [7, 11) is 1.31. The summed E-state index contributed by atoms with van der Waals surface area (Å²) >= 11 is 0.787. The molecule has 0 bridgehead atoms. The predicted octanol–water partition coefficient (Wildman–Crippen LogP) is 6.96. The van der Waals surface area contributed by atoms with Gasteiger partial charge < -0.3 is 9.47 Å². The van der Waals surface area contributed by atoms with E-state index in [9.17, 15) is 32.9 Å². The lowest BCUT2D eigenvalue weighted by molar-refractivity contribution is -0.385. The normalized spacial score (nSPS) is 14.8. The first-order chi connectivity index (χ1) is 18.0. The fraction of sp³-hybridized carbons (Fsp3) is 0.154. The number of thioether (sulfide) groups is 1. The average Bonchev–Trinajstić information content (AvgIpc) is 3.12. The van der Waals surface area contributed by atoms with E-state index < -0.39 is 39.2 Å². The number of carbonyl (C=O) groups is 2. The van der Waals surface area contributed by atoms with Crippen LogP contribution < -0.4 is 9.47 Å². The first-order valence-electron chi connectivity index (χ1n) is 11.0. The largest absolute Gasteiger partial charge is 0.493 e. The van der Waals surface area contributed by atoms with Gasteiger partial charge in [0.05, 0.1) is 29.0 Å². The van der Waals surface area contributed by atoms with Crippen LogP contribution in [0.15, 0.2) is 65.6 Å². The van der Waals surface area contributed by atoms with Gasteiger partial charge in [0.15, 0.2) is 11.5 Å². The second-order valence-corrected chi connectivity index (χ2v) is 9.20. The second kappa shape index (κ2) is 10.6. The highest BCUT2D eigenvalue weighted by Gasteiger charge is 2.35. The number of nitro groups is 1. The molecule has 1 saturated heterocycles. The first-order valence-corrected chi connectivity index (χ1v) is 11.8. The molecule has 2 amide bonds. The maximum Gasteiger partial charge on any atom is 0.416 e. The number of ether oxygens (including phenoxy) is 2. The standard InChI is InChI=1S/C26H19F3N2O6S/c1-15-3-5-16(6-4-15)14-30-24(32)23(38-25(30)33)12-17-7-9-21(22(11-17)36-2)37-20-10-8-18(26(27,28)29)13-19(20)31(34)35/h3-13H,14H2,1-2H3/b23-12-. The summed E-state index contributed by atoms with van der Waals surface area (Å²) in [5, 5.41) is 10.9. The van der Waals surface area contributed by atoms with Gasteiger partial charge >= 0.3 is 11.9 Å². The van der Waals surface area contributed by atoms with Crippen molar-refractivity contribution in [2.45, 2.75) is 19.6 Å². The highest BCUT2D eigenvalue weighted by molar-refractivity contribution is 8.18. The van der Waals surface area contributed by atoms with Crippen LogP contribution in [-0.2, 0) is 17.5 Å². The summed E-state index contributed by atoms with van der Waals surface area (Å²) in [6.45, 7) is 2.06. The molecule has 1 heterocycles. The van der Waals surface area contributed by atoms with Crippen LogP contribution in [0, 0.1) is 17.0 Å². The monoisotopic (exact) mass is 544 g/mol. The number of aryl methyl sites for hydroxylation is 1. The van der Waals surface area contributed by atoms with Crippen molar-refractivity contribution in [3.63, 3.8) is 0 Å². The molecule has 1 aliphatic rings. The summed E-state index contributed by atoms with van der Waals surface area (Å²) in [6.07, 6.45) is -3.27. The van der Waals surface area contributed by atoms with Crippen LogP contribution in [0.4, 0.5) is 23.7 Å². The molecule has 3 aromatic carbocycles. The van der Waals surface area contributed by atoms with Crippen molar-refractivity contribution in [2.24, 2.45) is 0 Å². The van der Waals surface area contributed by atoms with Crippen molar-refractivity contribution in [1.29, 1.82) is 0 Å². The number of benzene rings is 3. The third kappa shape index (κ3) is 5.80. The number of carbonyl (C=O) groups excluding carboxylic acids is 2. The van der Waals surface area contributed by atoms with Gasteiger partial charge in [0.2, 0.25) is 5.75 Å². The van der Waals surface area contributed by atoms with Crippen molar-refractivity contribution in [3.05, 3.63) is 97.9 Å². The third-order valence-electron chi connectivity index (χ3n) is 5.52. The summed E-state index contributed by atoms with van der Waals surface area (Å²) in [5.74, 6) is -0.765. The van der Waals surface area contributed by atoms with Gasteiger partial charge in [-0.2, -0.15) is 13.2 Å². The first kappa shape index (κ1) is 26.7. The van der Waals surface area contributed by atoms with E-state index in [-0.39, 0.29) is 22.9 Å². The molecule has 38 heavy (non-hydrogen) atoms. The molecular formula is C26H19F3N2O6S. The van der Waals surface area contributed by atoms with Crippen LogP contribution in [0.5, 0.6) is 17.2 Å². The zero-order valence-electron chi connectivity index (χ0n) is 19.9. The van der Waals surface area contributed by atoms with Crippen molar-refractivity contribution in [3.8, 4) is 17.2 Å². The Morgan fingerprint density at radius 2 is 1.68 bits per heavy atom. The number of nitrogens with zero attached hydrogens (tertiary/aromatic N) is 2. The molecule has 0 unspecified atom stereocenters.